The summed E-state index contributed by atoms with van der Waals surface area (Å²) in [5.41, 5.74) is 1.70. The second-order valence-corrected chi connectivity index (χ2v) is 3.88. The summed E-state index contributed by atoms with van der Waals surface area (Å²) in [6.07, 6.45) is 1.42. The maximum absolute atomic E-state index is 10.1. The number of rotatable bonds is 2. The van der Waals surface area contributed by atoms with Gasteiger partial charge in [-0.3, -0.25) is 0 Å². The topological polar surface area (TPSA) is 41.7 Å². The molecule has 2 rings (SSSR count). The number of ether oxygens (including phenoxy) is 2. The number of hydrogen-bond donors (Lipinski definition) is 1. The van der Waals surface area contributed by atoms with Crippen LogP contribution in [-0.4, -0.2) is 43.7 Å². The third kappa shape index (κ3) is 1.65. The fraction of sp³-hybridized carbons (Fsp3) is 0.417. The van der Waals surface area contributed by atoms with Crippen molar-refractivity contribution in [3.05, 3.63) is 23.3 Å². The molecular weight excluding hydrogens is 206 g/mol. The van der Waals surface area contributed by atoms with E-state index in [1.807, 2.05) is 30.0 Å². The van der Waals surface area contributed by atoms with Crippen LogP contribution in [0.1, 0.15) is 17.2 Å². The van der Waals surface area contributed by atoms with Crippen LogP contribution in [0.4, 0.5) is 0 Å². The fourth-order valence-corrected chi connectivity index (χ4v) is 2.07. The number of methoxy groups -OCH3 is 2. The molecule has 16 heavy (non-hydrogen) atoms. The minimum Gasteiger partial charge on any atom is -0.496 e. The molecule has 4 nitrogen and oxygen atoms in total. The van der Waals surface area contributed by atoms with Crippen molar-refractivity contribution in [3.8, 4) is 11.5 Å². The molecule has 1 N–H and O–H groups in total. The first-order chi connectivity index (χ1) is 7.67. The van der Waals surface area contributed by atoms with Crippen LogP contribution in [0.2, 0.25) is 0 Å². The molecule has 1 aliphatic heterocycles. The molecule has 0 aromatic heterocycles. The van der Waals surface area contributed by atoms with Crippen molar-refractivity contribution in [2.45, 2.75) is 6.10 Å². The molecule has 4 heteroatoms. The summed E-state index contributed by atoms with van der Waals surface area (Å²) in [5, 5.41) is 10.1. The molecule has 0 radical (unpaired) electrons. The van der Waals surface area contributed by atoms with Gasteiger partial charge in [-0.25, -0.2) is 4.58 Å². The molecule has 0 fully saturated rings. The van der Waals surface area contributed by atoms with Gasteiger partial charge >= 0.3 is 0 Å². The van der Waals surface area contributed by atoms with Crippen molar-refractivity contribution in [3.63, 3.8) is 0 Å². The highest BCUT2D eigenvalue weighted by Gasteiger charge is 2.28. The number of β-amino-alcohol motifs (C(OH)–C–C–N with tert-alkyl or cyclic N) is 1. The zero-order valence-corrected chi connectivity index (χ0v) is 9.73. The van der Waals surface area contributed by atoms with Crippen LogP contribution in [0.5, 0.6) is 11.5 Å². The highest BCUT2D eigenvalue weighted by atomic mass is 16.5. The maximum Gasteiger partial charge on any atom is 0.174 e. The van der Waals surface area contributed by atoms with E-state index in [0.717, 1.165) is 16.9 Å². The lowest BCUT2D eigenvalue weighted by Crippen LogP contribution is -2.24. The summed E-state index contributed by atoms with van der Waals surface area (Å²) < 4.78 is 12.5. The predicted molar refractivity (Wildman–Crippen MR) is 60.7 cm³/mol. The first-order valence-electron chi connectivity index (χ1n) is 5.15. The number of likely N-dealkylation sites (N-methyl/N-ethyl adjacent to an activating group) is 1. The van der Waals surface area contributed by atoms with E-state index in [9.17, 15) is 5.11 Å². The minimum atomic E-state index is -0.546. The van der Waals surface area contributed by atoms with E-state index in [2.05, 4.69) is 0 Å². The Hall–Kier alpha value is -1.55. The fourth-order valence-electron chi connectivity index (χ4n) is 2.07. The minimum absolute atomic E-state index is 0.546. The van der Waals surface area contributed by atoms with Crippen LogP contribution in [-0.2, 0) is 0 Å². The molecule has 86 valence electrons. The third-order valence-electron chi connectivity index (χ3n) is 2.79. The molecule has 0 saturated heterocycles. The summed E-state index contributed by atoms with van der Waals surface area (Å²) in [6, 6.07) is 3.67. The van der Waals surface area contributed by atoms with Gasteiger partial charge in [0, 0.05) is 5.56 Å². The summed E-state index contributed by atoms with van der Waals surface area (Å²) >= 11 is 0. The van der Waals surface area contributed by atoms with E-state index < -0.39 is 6.10 Å². The lowest BCUT2D eigenvalue weighted by Gasteiger charge is -2.20. The van der Waals surface area contributed by atoms with Gasteiger partial charge in [0.1, 0.15) is 24.7 Å². The smallest absolute Gasteiger partial charge is 0.174 e. The highest BCUT2D eigenvalue weighted by Crippen LogP contribution is 2.35. The molecule has 1 atom stereocenters. The zero-order chi connectivity index (χ0) is 11.7. The third-order valence-corrected chi connectivity index (χ3v) is 2.79. The van der Waals surface area contributed by atoms with Crippen molar-refractivity contribution in [1.29, 1.82) is 0 Å². The van der Waals surface area contributed by atoms with Gasteiger partial charge in [0.05, 0.1) is 19.8 Å². The van der Waals surface area contributed by atoms with E-state index in [1.54, 1.807) is 14.2 Å². The second kappa shape index (κ2) is 4.14. The lowest BCUT2D eigenvalue weighted by molar-refractivity contribution is -0.505. The number of aliphatic hydroxyl groups excluding tert-OH is 1. The predicted octanol–water partition coefficient (Wildman–Crippen LogP) is 0.812. The van der Waals surface area contributed by atoms with Gasteiger partial charge in [-0.05, 0) is 12.1 Å². The van der Waals surface area contributed by atoms with Crippen molar-refractivity contribution in [2.24, 2.45) is 0 Å². The Bertz CT molecular complexity index is 440. The average Bonchev–Trinajstić information content (AvgIpc) is 2.27. The Kier molecular flexibility index (Phi) is 2.83. The quantitative estimate of drug-likeness (QED) is 0.753. The van der Waals surface area contributed by atoms with E-state index >= 15 is 0 Å². The Labute approximate surface area is 94.7 Å². The number of aliphatic hydroxyl groups is 1. The van der Waals surface area contributed by atoms with E-state index in [0.29, 0.717) is 12.3 Å². The highest BCUT2D eigenvalue weighted by molar-refractivity contribution is 5.85. The van der Waals surface area contributed by atoms with Gasteiger partial charge in [-0.1, -0.05) is 0 Å². The molecular formula is C12H16NO3+. The van der Waals surface area contributed by atoms with Gasteiger partial charge in [-0.2, -0.15) is 0 Å². The molecule has 0 saturated carbocycles. The van der Waals surface area contributed by atoms with Crippen molar-refractivity contribution >= 4 is 6.21 Å². The molecule has 0 spiro atoms. The van der Waals surface area contributed by atoms with E-state index in [-0.39, 0.29) is 0 Å². The van der Waals surface area contributed by atoms with Crippen molar-refractivity contribution in [2.75, 3.05) is 27.8 Å². The van der Waals surface area contributed by atoms with Crippen LogP contribution < -0.4 is 9.47 Å². The largest absolute Gasteiger partial charge is 0.496 e. The van der Waals surface area contributed by atoms with E-state index in [4.69, 9.17) is 9.47 Å². The number of fused-ring (bicyclic) bond motifs is 1. The Morgan fingerprint density at radius 1 is 1.25 bits per heavy atom. The molecule has 1 unspecified atom stereocenters. The Balaban J connectivity index is 2.66. The average molecular weight is 222 g/mol. The lowest BCUT2D eigenvalue weighted by atomic mass is 9.98. The van der Waals surface area contributed by atoms with Gasteiger partial charge in [0.2, 0.25) is 0 Å². The monoisotopic (exact) mass is 222 g/mol. The van der Waals surface area contributed by atoms with Crippen LogP contribution in [0, 0.1) is 0 Å². The molecule has 0 bridgehead atoms. The maximum atomic E-state index is 10.1. The van der Waals surface area contributed by atoms with Crippen LogP contribution in [0.3, 0.4) is 0 Å². The summed E-state index contributed by atoms with van der Waals surface area (Å²) in [6.45, 7) is 0.566. The molecule has 1 aromatic carbocycles. The first kappa shape index (κ1) is 11.0. The van der Waals surface area contributed by atoms with Gasteiger partial charge in [-0.15, -0.1) is 0 Å². The van der Waals surface area contributed by atoms with E-state index in [1.165, 1.54) is 0 Å². The summed E-state index contributed by atoms with van der Waals surface area (Å²) in [4.78, 5) is 0. The standard InChI is InChI=1S/C12H16NO3/c1-13-6-8-10(15-2)4-5-11(16-3)12(8)9(14)7-13/h4-6,9,14H,7H2,1-3H3/q+1. The van der Waals surface area contributed by atoms with Crippen molar-refractivity contribution in [1.82, 2.24) is 0 Å². The summed E-state index contributed by atoms with van der Waals surface area (Å²) in [5.74, 6) is 1.45. The summed E-state index contributed by atoms with van der Waals surface area (Å²) in [7, 11) is 5.15. The first-order valence-corrected chi connectivity index (χ1v) is 5.15. The second-order valence-electron chi connectivity index (χ2n) is 3.88. The number of hydrogen-bond acceptors (Lipinski definition) is 3. The Morgan fingerprint density at radius 3 is 2.50 bits per heavy atom. The molecule has 1 aliphatic rings. The molecule has 1 aromatic rings. The van der Waals surface area contributed by atoms with Crippen LogP contribution in [0.25, 0.3) is 0 Å². The molecule has 0 aliphatic carbocycles. The van der Waals surface area contributed by atoms with Gasteiger partial charge in [0.15, 0.2) is 12.8 Å². The molecule has 0 amide bonds. The van der Waals surface area contributed by atoms with Crippen LogP contribution in [0.15, 0.2) is 12.1 Å². The zero-order valence-electron chi connectivity index (χ0n) is 9.73. The van der Waals surface area contributed by atoms with Crippen molar-refractivity contribution < 1.29 is 19.2 Å². The van der Waals surface area contributed by atoms with Gasteiger partial charge in [0.25, 0.3) is 0 Å². The molecule has 1 heterocycles. The van der Waals surface area contributed by atoms with Gasteiger partial charge < -0.3 is 14.6 Å². The number of benzene rings is 1. The Morgan fingerprint density at radius 2 is 1.88 bits per heavy atom. The SMILES string of the molecule is COc1ccc(OC)c2c1C=[N+](C)CC2O. The normalized spacial score (nSPS) is 18.8. The number of nitrogens with zero attached hydrogens (tertiary/aromatic N) is 1. The van der Waals surface area contributed by atoms with Crippen LogP contribution >= 0.6 is 0 Å².